The van der Waals surface area contributed by atoms with Crippen molar-refractivity contribution in [3.05, 3.63) is 65.7 Å². The zero-order chi connectivity index (χ0) is 21.4. The molecule has 2 N–H and O–H groups in total. The van der Waals surface area contributed by atoms with Crippen LogP contribution in [0.5, 0.6) is 5.75 Å². The molecule has 30 heavy (non-hydrogen) atoms. The highest BCUT2D eigenvalue weighted by Crippen LogP contribution is 2.23. The number of rotatable bonds is 9. The predicted octanol–water partition coefficient (Wildman–Crippen LogP) is 4.18. The van der Waals surface area contributed by atoms with Crippen LogP contribution in [0.4, 0.5) is 5.69 Å². The molecular formula is C23H28N2O4S. The van der Waals surface area contributed by atoms with E-state index in [1.54, 1.807) is 37.3 Å². The molecule has 0 aliphatic heterocycles. The maximum atomic E-state index is 12.6. The molecule has 3 rings (SSSR count). The van der Waals surface area contributed by atoms with Gasteiger partial charge in [-0.05, 0) is 74.9 Å². The minimum atomic E-state index is -3.70. The van der Waals surface area contributed by atoms with Gasteiger partial charge in [0.05, 0.1) is 4.90 Å². The van der Waals surface area contributed by atoms with E-state index >= 15 is 0 Å². The number of carbonyl (C=O) groups excluding carboxylic acids is 1. The Labute approximate surface area is 178 Å². The monoisotopic (exact) mass is 428 g/mol. The Kier molecular flexibility index (Phi) is 7.52. The number of carbonyl (C=O) groups is 1. The Morgan fingerprint density at radius 3 is 2.60 bits per heavy atom. The molecule has 0 saturated heterocycles. The second kappa shape index (κ2) is 10.3. The molecule has 2 aromatic carbocycles. The summed E-state index contributed by atoms with van der Waals surface area (Å²) < 4.78 is 33.2. The van der Waals surface area contributed by atoms with Gasteiger partial charge < -0.3 is 10.1 Å². The summed E-state index contributed by atoms with van der Waals surface area (Å²) in [4.78, 5) is 12.2. The van der Waals surface area contributed by atoms with Gasteiger partial charge in [0.15, 0.2) is 6.61 Å². The van der Waals surface area contributed by atoms with Gasteiger partial charge in [0.25, 0.3) is 15.9 Å². The number of ether oxygens (including phenoxy) is 1. The number of allylic oxidation sites excluding steroid dienone is 1. The van der Waals surface area contributed by atoms with E-state index in [1.807, 2.05) is 6.07 Å². The second-order valence-electron chi connectivity index (χ2n) is 7.40. The fraction of sp³-hybridized carbons (Fsp3) is 0.348. The van der Waals surface area contributed by atoms with Gasteiger partial charge in [-0.2, -0.15) is 0 Å². The van der Waals surface area contributed by atoms with Crippen LogP contribution in [0.25, 0.3) is 0 Å². The number of hydrogen-bond acceptors (Lipinski definition) is 4. The van der Waals surface area contributed by atoms with Gasteiger partial charge >= 0.3 is 0 Å². The van der Waals surface area contributed by atoms with Gasteiger partial charge in [0.2, 0.25) is 0 Å². The first kappa shape index (κ1) is 21.9. The van der Waals surface area contributed by atoms with Gasteiger partial charge in [-0.1, -0.05) is 29.8 Å². The van der Waals surface area contributed by atoms with E-state index in [9.17, 15) is 13.2 Å². The van der Waals surface area contributed by atoms with Crippen molar-refractivity contribution in [2.75, 3.05) is 17.9 Å². The molecule has 0 aromatic heterocycles. The van der Waals surface area contributed by atoms with Crippen molar-refractivity contribution in [1.82, 2.24) is 5.32 Å². The summed E-state index contributed by atoms with van der Waals surface area (Å²) >= 11 is 0. The van der Waals surface area contributed by atoms with Gasteiger partial charge in [0, 0.05) is 12.2 Å². The van der Waals surface area contributed by atoms with Crippen molar-refractivity contribution in [2.45, 2.75) is 43.9 Å². The summed E-state index contributed by atoms with van der Waals surface area (Å²) in [6.07, 6.45) is 7.90. The molecule has 0 unspecified atom stereocenters. The van der Waals surface area contributed by atoms with Crippen molar-refractivity contribution >= 4 is 21.6 Å². The summed E-state index contributed by atoms with van der Waals surface area (Å²) in [5.41, 5.74) is 2.56. The lowest BCUT2D eigenvalue weighted by Gasteiger charge is -2.14. The number of sulfonamides is 1. The Morgan fingerprint density at radius 1 is 1.10 bits per heavy atom. The first-order valence-electron chi connectivity index (χ1n) is 10.2. The van der Waals surface area contributed by atoms with Crippen molar-refractivity contribution in [3.8, 4) is 5.75 Å². The Bertz CT molecular complexity index is 1000. The van der Waals surface area contributed by atoms with Crippen molar-refractivity contribution in [2.24, 2.45) is 0 Å². The molecule has 160 valence electrons. The molecule has 1 aliphatic rings. The molecule has 7 heteroatoms. The van der Waals surface area contributed by atoms with E-state index in [1.165, 1.54) is 30.5 Å². The molecule has 0 atom stereocenters. The Hall–Kier alpha value is -2.80. The van der Waals surface area contributed by atoms with Gasteiger partial charge in [-0.15, -0.1) is 0 Å². The average Bonchev–Trinajstić information content (AvgIpc) is 2.74. The first-order chi connectivity index (χ1) is 14.4. The number of aryl methyl sites for hydroxylation is 1. The molecule has 1 amide bonds. The minimum absolute atomic E-state index is 0.103. The fourth-order valence-electron chi connectivity index (χ4n) is 3.36. The van der Waals surface area contributed by atoms with E-state index in [0.29, 0.717) is 23.5 Å². The third-order valence-corrected chi connectivity index (χ3v) is 6.37. The quantitative estimate of drug-likeness (QED) is 0.587. The van der Waals surface area contributed by atoms with Crippen LogP contribution >= 0.6 is 0 Å². The van der Waals surface area contributed by atoms with E-state index in [2.05, 4.69) is 16.1 Å². The lowest BCUT2D eigenvalue weighted by atomic mass is 9.97. The highest BCUT2D eigenvalue weighted by Gasteiger charge is 2.16. The summed E-state index contributed by atoms with van der Waals surface area (Å²) in [6, 6.07) is 13.3. The van der Waals surface area contributed by atoms with Crippen molar-refractivity contribution < 1.29 is 17.9 Å². The van der Waals surface area contributed by atoms with Gasteiger partial charge in [-0.3, -0.25) is 9.52 Å². The average molecular weight is 429 g/mol. The van der Waals surface area contributed by atoms with Crippen LogP contribution in [0, 0.1) is 6.92 Å². The van der Waals surface area contributed by atoms with Crippen LogP contribution in [0.15, 0.2) is 65.1 Å². The molecule has 1 aliphatic carbocycles. The molecule has 0 spiro atoms. The zero-order valence-electron chi connectivity index (χ0n) is 17.2. The summed E-state index contributed by atoms with van der Waals surface area (Å²) in [6.45, 7) is 2.26. The number of para-hydroxylation sites is 1. The smallest absolute Gasteiger partial charge is 0.261 e. The largest absolute Gasteiger partial charge is 0.484 e. The number of benzene rings is 2. The van der Waals surface area contributed by atoms with Crippen molar-refractivity contribution in [3.63, 3.8) is 0 Å². The van der Waals surface area contributed by atoms with E-state index in [-0.39, 0.29) is 17.4 Å². The summed E-state index contributed by atoms with van der Waals surface area (Å²) in [7, 11) is -3.70. The fourth-order valence-corrected chi connectivity index (χ4v) is 4.50. The van der Waals surface area contributed by atoms with Crippen LogP contribution in [0.2, 0.25) is 0 Å². The Morgan fingerprint density at radius 2 is 1.90 bits per heavy atom. The highest BCUT2D eigenvalue weighted by molar-refractivity contribution is 7.92. The lowest BCUT2D eigenvalue weighted by Crippen LogP contribution is -2.30. The van der Waals surface area contributed by atoms with Crippen molar-refractivity contribution in [1.29, 1.82) is 0 Å². The lowest BCUT2D eigenvalue weighted by molar-refractivity contribution is -0.123. The highest BCUT2D eigenvalue weighted by atomic mass is 32.2. The van der Waals surface area contributed by atoms with Gasteiger partial charge in [-0.25, -0.2) is 8.42 Å². The molecule has 2 aromatic rings. The van der Waals surface area contributed by atoms with E-state index in [0.717, 1.165) is 19.3 Å². The normalized spacial score (nSPS) is 14.0. The summed E-state index contributed by atoms with van der Waals surface area (Å²) in [5, 5.41) is 2.87. The minimum Gasteiger partial charge on any atom is -0.484 e. The zero-order valence-corrected chi connectivity index (χ0v) is 18.0. The summed E-state index contributed by atoms with van der Waals surface area (Å²) in [5.74, 6) is 0.298. The second-order valence-corrected chi connectivity index (χ2v) is 9.08. The molecule has 0 saturated carbocycles. The predicted molar refractivity (Wildman–Crippen MR) is 118 cm³/mol. The van der Waals surface area contributed by atoms with Gasteiger partial charge in [0.1, 0.15) is 5.75 Å². The number of nitrogens with one attached hydrogen (secondary N) is 2. The van der Waals surface area contributed by atoms with Crippen LogP contribution in [-0.2, 0) is 14.8 Å². The maximum Gasteiger partial charge on any atom is 0.261 e. The molecule has 0 fully saturated rings. The molecule has 0 bridgehead atoms. The number of hydrogen-bond donors (Lipinski definition) is 2. The Balaban J connectivity index is 1.51. The molecule has 0 heterocycles. The topological polar surface area (TPSA) is 84.5 Å². The third-order valence-electron chi connectivity index (χ3n) is 4.99. The molecule has 0 radical (unpaired) electrons. The molecular weight excluding hydrogens is 400 g/mol. The number of amides is 1. The first-order valence-corrected chi connectivity index (χ1v) is 11.7. The standard InChI is InChI=1S/C23H28N2O4S/c1-18-16-21(30(27,28)25-20-10-6-3-7-11-20)12-13-22(18)29-17-23(26)24-15-14-19-8-4-2-5-9-19/h3,6-8,10-13,16,25H,2,4-5,9,14-15,17H2,1H3,(H,24,26). The van der Waals surface area contributed by atoms with E-state index in [4.69, 9.17) is 4.74 Å². The van der Waals surface area contributed by atoms with E-state index < -0.39 is 10.0 Å². The van der Waals surface area contributed by atoms with Crippen LogP contribution in [0.1, 0.15) is 37.7 Å². The van der Waals surface area contributed by atoms with Crippen LogP contribution in [0.3, 0.4) is 0 Å². The maximum absolute atomic E-state index is 12.6. The van der Waals surface area contributed by atoms with Crippen LogP contribution in [-0.4, -0.2) is 27.5 Å². The third kappa shape index (κ3) is 6.35. The van der Waals surface area contributed by atoms with Crippen LogP contribution < -0.4 is 14.8 Å². The SMILES string of the molecule is Cc1cc(S(=O)(=O)Nc2ccccc2)ccc1OCC(=O)NCCC1=CCCCC1. The number of anilines is 1. The molecule has 6 nitrogen and oxygen atoms in total.